The molecular formula is C9H11NO3. The Kier molecular flexibility index (Phi) is 2.84. The van der Waals surface area contributed by atoms with Gasteiger partial charge in [-0.1, -0.05) is 0 Å². The lowest BCUT2D eigenvalue weighted by atomic mass is 10.1. The van der Waals surface area contributed by atoms with E-state index >= 15 is 0 Å². The first-order chi connectivity index (χ1) is 6.15. The van der Waals surface area contributed by atoms with Crippen LogP contribution in [0.2, 0.25) is 0 Å². The van der Waals surface area contributed by atoms with Crippen LogP contribution in [0.15, 0.2) is 12.4 Å². The summed E-state index contributed by atoms with van der Waals surface area (Å²) in [5.41, 5.74) is 1.35. The second kappa shape index (κ2) is 3.89. The van der Waals surface area contributed by atoms with E-state index in [2.05, 4.69) is 9.72 Å². The average molecular weight is 181 g/mol. The lowest BCUT2D eigenvalue weighted by Crippen LogP contribution is -2.06. The molecule has 13 heavy (non-hydrogen) atoms. The molecule has 1 rings (SSSR count). The summed E-state index contributed by atoms with van der Waals surface area (Å²) in [7, 11) is 1.33. The zero-order valence-electron chi connectivity index (χ0n) is 7.57. The Morgan fingerprint density at radius 1 is 1.62 bits per heavy atom. The minimum Gasteiger partial charge on any atom is -0.506 e. The fraction of sp³-hybridized carbons (Fsp3) is 0.333. The Morgan fingerprint density at radius 2 is 2.31 bits per heavy atom. The molecule has 0 fully saturated rings. The highest BCUT2D eigenvalue weighted by Gasteiger charge is 2.08. The van der Waals surface area contributed by atoms with Gasteiger partial charge in [-0.15, -0.1) is 0 Å². The molecule has 0 radical (unpaired) electrons. The summed E-state index contributed by atoms with van der Waals surface area (Å²) in [5.74, 6) is -0.239. The Morgan fingerprint density at radius 3 is 2.92 bits per heavy atom. The monoisotopic (exact) mass is 181 g/mol. The summed E-state index contributed by atoms with van der Waals surface area (Å²) < 4.78 is 4.50. The van der Waals surface area contributed by atoms with Crippen molar-refractivity contribution < 1.29 is 14.6 Å². The lowest BCUT2D eigenvalue weighted by Gasteiger charge is -2.04. The highest BCUT2D eigenvalue weighted by molar-refractivity contribution is 5.73. The maximum atomic E-state index is 10.9. The molecule has 0 unspecified atom stereocenters. The molecule has 0 atom stereocenters. The van der Waals surface area contributed by atoms with Gasteiger partial charge in [-0.25, -0.2) is 0 Å². The van der Waals surface area contributed by atoms with Gasteiger partial charge in [-0.3, -0.25) is 9.78 Å². The van der Waals surface area contributed by atoms with E-state index < -0.39 is 0 Å². The highest BCUT2D eigenvalue weighted by Crippen LogP contribution is 2.18. The zero-order valence-corrected chi connectivity index (χ0v) is 7.57. The van der Waals surface area contributed by atoms with Gasteiger partial charge in [-0.2, -0.15) is 0 Å². The van der Waals surface area contributed by atoms with Gasteiger partial charge < -0.3 is 9.84 Å². The highest BCUT2D eigenvalue weighted by atomic mass is 16.5. The number of aromatic hydroxyl groups is 1. The second-order valence-electron chi connectivity index (χ2n) is 2.70. The molecular weight excluding hydrogens is 170 g/mol. The number of carbonyl (C=O) groups excluding carboxylic acids is 1. The van der Waals surface area contributed by atoms with Crippen LogP contribution in [-0.4, -0.2) is 23.2 Å². The number of carbonyl (C=O) groups is 1. The van der Waals surface area contributed by atoms with Crippen LogP contribution in [0, 0.1) is 6.92 Å². The number of hydrogen-bond acceptors (Lipinski definition) is 4. The predicted octanol–water partition coefficient (Wildman–Crippen LogP) is 0.811. The van der Waals surface area contributed by atoms with E-state index in [1.54, 1.807) is 13.1 Å². The fourth-order valence-electron chi connectivity index (χ4n) is 0.962. The number of methoxy groups -OCH3 is 1. The number of esters is 1. The van der Waals surface area contributed by atoms with E-state index in [9.17, 15) is 9.90 Å². The van der Waals surface area contributed by atoms with Crippen LogP contribution in [0.25, 0.3) is 0 Å². The van der Waals surface area contributed by atoms with Crippen LogP contribution in [0.1, 0.15) is 11.1 Å². The molecule has 0 aliphatic heterocycles. The van der Waals surface area contributed by atoms with Gasteiger partial charge in [0, 0.05) is 6.20 Å². The molecule has 0 saturated heterocycles. The molecule has 70 valence electrons. The summed E-state index contributed by atoms with van der Waals surface area (Å²) in [6.45, 7) is 1.73. The van der Waals surface area contributed by atoms with Crippen LogP contribution < -0.4 is 0 Å². The normalized spacial score (nSPS) is 9.69. The van der Waals surface area contributed by atoms with Crippen LogP contribution in [0.4, 0.5) is 0 Å². The van der Waals surface area contributed by atoms with Crippen LogP contribution in [0.5, 0.6) is 5.75 Å². The molecule has 0 aromatic carbocycles. The number of pyridine rings is 1. The van der Waals surface area contributed by atoms with Crippen LogP contribution in [0.3, 0.4) is 0 Å². The van der Waals surface area contributed by atoms with E-state index in [1.807, 2.05) is 0 Å². The molecule has 0 spiro atoms. The molecule has 1 aromatic heterocycles. The van der Waals surface area contributed by atoms with Crippen molar-refractivity contribution in [1.29, 1.82) is 0 Å². The minimum absolute atomic E-state index is 0.0985. The van der Waals surface area contributed by atoms with Gasteiger partial charge in [0.25, 0.3) is 0 Å². The first-order valence-electron chi connectivity index (χ1n) is 3.84. The maximum absolute atomic E-state index is 10.9. The Labute approximate surface area is 76.2 Å². The van der Waals surface area contributed by atoms with E-state index in [4.69, 9.17) is 0 Å². The maximum Gasteiger partial charge on any atom is 0.310 e. The summed E-state index contributed by atoms with van der Waals surface area (Å²) in [5, 5.41) is 9.27. The predicted molar refractivity (Wildman–Crippen MR) is 46.4 cm³/mol. The fourth-order valence-corrected chi connectivity index (χ4v) is 0.962. The molecule has 0 amide bonds. The Bertz CT molecular complexity index is 323. The van der Waals surface area contributed by atoms with E-state index in [0.29, 0.717) is 11.1 Å². The summed E-state index contributed by atoms with van der Waals surface area (Å²) in [6.07, 6.45) is 3.03. The van der Waals surface area contributed by atoms with Gasteiger partial charge in [0.05, 0.1) is 19.7 Å². The molecule has 0 bridgehead atoms. The number of nitrogens with zero attached hydrogens (tertiary/aromatic N) is 1. The average Bonchev–Trinajstić information content (AvgIpc) is 2.13. The quantitative estimate of drug-likeness (QED) is 0.686. The SMILES string of the molecule is COC(=O)Cc1cncc(O)c1C. The van der Waals surface area contributed by atoms with Crippen molar-refractivity contribution in [2.75, 3.05) is 7.11 Å². The van der Waals surface area contributed by atoms with Crippen molar-refractivity contribution in [3.63, 3.8) is 0 Å². The Hall–Kier alpha value is -1.58. The van der Waals surface area contributed by atoms with Gasteiger partial charge in [0.1, 0.15) is 5.75 Å². The summed E-state index contributed by atoms with van der Waals surface area (Å²) in [4.78, 5) is 14.7. The van der Waals surface area contributed by atoms with Gasteiger partial charge in [-0.05, 0) is 18.1 Å². The first-order valence-corrected chi connectivity index (χ1v) is 3.84. The number of aromatic nitrogens is 1. The van der Waals surface area contributed by atoms with Crippen LogP contribution in [-0.2, 0) is 16.0 Å². The first kappa shape index (κ1) is 9.51. The van der Waals surface area contributed by atoms with Crippen LogP contribution >= 0.6 is 0 Å². The molecule has 1 heterocycles. The largest absolute Gasteiger partial charge is 0.506 e. The summed E-state index contributed by atoms with van der Waals surface area (Å²) >= 11 is 0. The molecule has 0 aliphatic carbocycles. The summed E-state index contributed by atoms with van der Waals surface area (Å²) in [6, 6.07) is 0. The molecule has 4 heteroatoms. The third-order valence-electron chi connectivity index (χ3n) is 1.86. The van der Waals surface area contributed by atoms with E-state index in [-0.39, 0.29) is 18.1 Å². The topological polar surface area (TPSA) is 59.4 Å². The van der Waals surface area contributed by atoms with Crippen molar-refractivity contribution in [2.45, 2.75) is 13.3 Å². The Balaban J connectivity index is 2.89. The molecule has 4 nitrogen and oxygen atoms in total. The number of rotatable bonds is 2. The standard InChI is InChI=1S/C9H11NO3/c1-6-7(3-9(12)13-2)4-10-5-8(6)11/h4-5,11H,3H2,1-2H3. The third-order valence-corrected chi connectivity index (χ3v) is 1.86. The molecule has 1 aromatic rings. The zero-order chi connectivity index (χ0) is 9.84. The van der Waals surface area contributed by atoms with Gasteiger partial charge in [0.2, 0.25) is 0 Å². The number of hydrogen-bond donors (Lipinski definition) is 1. The van der Waals surface area contributed by atoms with Gasteiger partial charge in [0.15, 0.2) is 0 Å². The molecule has 1 N–H and O–H groups in total. The van der Waals surface area contributed by atoms with Crippen molar-refractivity contribution in [2.24, 2.45) is 0 Å². The van der Waals surface area contributed by atoms with Crippen molar-refractivity contribution in [3.05, 3.63) is 23.5 Å². The number of ether oxygens (including phenoxy) is 1. The second-order valence-corrected chi connectivity index (χ2v) is 2.70. The van der Waals surface area contributed by atoms with E-state index in [0.717, 1.165) is 0 Å². The smallest absolute Gasteiger partial charge is 0.310 e. The minimum atomic E-state index is -0.337. The van der Waals surface area contributed by atoms with E-state index in [1.165, 1.54) is 13.3 Å². The molecule has 0 aliphatic rings. The third kappa shape index (κ3) is 2.18. The van der Waals surface area contributed by atoms with Gasteiger partial charge >= 0.3 is 5.97 Å². The van der Waals surface area contributed by atoms with Crippen molar-refractivity contribution in [3.8, 4) is 5.75 Å². The lowest BCUT2D eigenvalue weighted by molar-refractivity contribution is -0.139. The van der Waals surface area contributed by atoms with Crippen molar-refractivity contribution >= 4 is 5.97 Å². The molecule has 0 saturated carbocycles. The van der Waals surface area contributed by atoms with Crippen molar-refractivity contribution in [1.82, 2.24) is 4.98 Å².